The van der Waals surface area contributed by atoms with E-state index < -0.39 is 0 Å². The van der Waals surface area contributed by atoms with E-state index in [1.165, 1.54) is 0 Å². The monoisotopic (exact) mass is 309 g/mol. The van der Waals surface area contributed by atoms with E-state index in [1.54, 1.807) is 24.7 Å². The van der Waals surface area contributed by atoms with Gasteiger partial charge in [0.05, 0.1) is 29.7 Å². The summed E-state index contributed by atoms with van der Waals surface area (Å²) >= 11 is 0. The van der Waals surface area contributed by atoms with Crippen molar-refractivity contribution in [2.24, 2.45) is 7.05 Å². The topological polar surface area (TPSA) is 74.0 Å². The number of aromatic nitrogens is 2. The van der Waals surface area contributed by atoms with Crippen LogP contribution in [0.25, 0.3) is 0 Å². The molecule has 2 heterocycles. The van der Waals surface area contributed by atoms with E-state index in [0.717, 1.165) is 24.2 Å². The number of rotatable bonds is 5. The van der Waals surface area contributed by atoms with Crippen molar-refractivity contribution in [3.8, 4) is 6.07 Å². The molecule has 0 unspecified atom stereocenters. The smallest absolute Gasteiger partial charge is 0.240 e. The van der Waals surface area contributed by atoms with Gasteiger partial charge in [0.15, 0.2) is 0 Å². The molecule has 1 aromatic heterocycles. The fourth-order valence-corrected chi connectivity index (χ4v) is 2.77. The number of hydrogen-bond acceptors (Lipinski definition) is 4. The molecule has 0 spiro atoms. The zero-order chi connectivity index (χ0) is 16.2. The molecular weight excluding hydrogens is 290 g/mol. The minimum Gasteiger partial charge on any atom is -0.337 e. The van der Waals surface area contributed by atoms with Gasteiger partial charge in [0, 0.05) is 32.9 Å². The third kappa shape index (κ3) is 3.41. The van der Waals surface area contributed by atoms with Crippen LogP contribution >= 0.6 is 0 Å². The van der Waals surface area contributed by atoms with Crippen molar-refractivity contribution in [2.75, 3.05) is 6.54 Å². The standard InChI is InChI=1S/C17H19N5O/c1-21-12-19-9-15(21)10-20-16-6-7-22(17(16)23)11-14-4-2-13(8-18)3-5-14/h2-5,9,12,16,20H,6-7,10-11H2,1H3/t16-/m0/s1. The molecule has 1 N–H and O–H groups in total. The van der Waals surface area contributed by atoms with Crippen LogP contribution in [-0.4, -0.2) is 32.9 Å². The number of aryl methyl sites for hydroxylation is 1. The zero-order valence-corrected chi connectivity index (χ0v) is 13.1. The number of hydrogen-bond donors (Lipinski definition) is 1. The lowest BCUT2D eigenvalue weighted by Crippen LogP contribution is -2.37. The maximum atomic E-state index is 12.5. The van der Waals surface area contributed by atoms with Gasteiger partial charge in [-0.3, -0.25) is 4.79 Å². The lowest BCUT2D eigenvalue weighted by atomic mass is 10.1. The molecule has 118 valence electrons. The first kappa shape index (κ1) is 15.3. The van der Waals surface area contributed by atoms with E-state index in [-0.39, 0.29) is 11.9 Å². The molecule has 0 saturated carbocycles. The van der Waals surface area contributed by atoms with E-state index in [2.05, 4.69) is 16.4 Å². The number of carbonyl (C=O) groups is 1. The Morgan fingerprint density at radius 3 is 2.83 bits per heavy atom. The van der Waals surface area contributed by atoms with E-state index in [4.69, 9.17) is 5.26 Å². The van der Waals surface area contributed by atoms with Gasteiger partial charge in [-0.15, -0.1) is 0 Å². The third-order valence-corrected chi connectivity index (χ3v) is 4.20. The number of amides is 1. The van der Waals surface area contributed by atoms with Crippen molar-refractivity contribution in [3.05, 3.63) is 53.6 Å². The fraction of sp³-hybridized carbons (Fsp3) is 0.353. The Balaban J connectivity index is 1.56. The summed E-state index contributed by atoms with van der Waals surface area (Å²) in [6.45, 7) is 1.98. The van der Waals surface area contributed by atoms with Gasteiger partial charge >= 0.3 is 0 Å². The van der Waals surface area contributed by atoms with Crippen LogP contribution in [0, 0.1) is 11.3 Å². The molecule has 0 aliphatic carbocycles. The van der Waals surface area contributed by atoms with Crippen molar-refractivity contribution < 1.29 is 4.79 Å². The molecule has 1 amide bonds. The zero-order valence-electron chi connectivity index (χ0n) is 13.1. The molecule has 6 heteroatoms. The van der Waals surface area contributed by atoms with Crippen LogP contribution in [0.15, 0.2) is 36.8 Å². The van der Waals surface area contributed by atoms with E-state index in [9.17, 15) is 4.79 Å². The Labute approximate surface area is 135 Å². The van der Waals surface area contributed by atoms with E-state index >= 15 is 0 Å². The molecule has 1 aliphatic rings. The number of imidazole rings is 1. The van der Waals surface area contributed by atoms with Crippen LogP contribution < -0.4 is 5.32 Å². The Morgan fingerprint density at radius 1 is 1.39 bits per heavy atom. The van der Waals surface area contributed by atoms with Crippen LogP contribution in [0.3, 0.4) is 0 Å². The number of nitrogens with one attached hydrogen (secondary N) is 1. The number of nitriles is 1. The average molecular weight is 309 g/mol. The highest BCUT2D eigenvalue weighted by Gasteiger charge is 2.31. The van der Waals surface area contributed by atoms with Crippen LogP contribution in [0.4, 0.5) is 0 Å². The van der Waals surface area contributed by atoms with Crippen molar-refractivity contribution in [2.45, 2.75) is 25.6 Å². The molecule has 1 atom stereocenters. The molecule has 1 saturated heterocycles. The van der Waals surface area contributed by atoms with Crippen LogP contribution in [0.5, 0.6) is 0 Å². The maximum Gasteiger partial charge on any atom is 0.240 e. The summed E-state index contributed by atoms with van der Waals surface area (Å²) in [6, 6.07) is 9.35. The number of benzene rings is 1. The molecule has 0 bridgehead atoms. The summed E-state index contributed by atoms with van der Waals surface area (Å²) in [7, 11) is 1.94. The average Bonchev–Trinajstić information content (AvgIpc) is 3.13. The summed E-state index contributed by atoms with van der Waals surface area (Å²) in [5, 5.41) is 12.1. The third-order valence-electron chi connectivity index (χ3n) is 4.20. The highest BCUT2D eigenvalue weighted by molar-refractivity contribution is 5.83. The second-order valence-electron chi connectivity index (χ2n) is 5.79. The molecule has 1 aliphatic heterocycles. The van der Waals surface area contributed by atoms with Gasteiger partial charge < -0.3 is 14.8 Å². The van der Waals surface area contributed by atoms with Gasteiger partial charge in [-0.1, -0.05) is 12.1 Å². The summed E-state index contributed by atoms with van der Waals surface area (Å²) in [5.74, 6) is 0.136. The van der Waals surface area contributed by atoms with Gasteiger partial charge in [-0.05, 0) is 24.1 Å². The first-order chi connectivity index (χ1) is 11.2. The first-order valence-electron chi connectivity index (χ1n) is 7.64. The highest BCUT2D eigenvalue weighted by Crippen LogP contribution is 2.16. The largest absolute Gasteiger partial charge is 0.337 e. The van der Waals surface area contributed by atoms with E-state index in [0.29, 0.717) is 18.7 Å². The molecule has 2 aromatic rings. The Morgan fingerprint density at radius 2 is 2.17 bits per heavy atom. The molecule has 0 radical (unpaired) electrons. The molecular formula is C17H19N5O. The summed E-state index contributed by atoms with van der Waals surface area (Å²) in [5.41, 5.74) is 2.74. The summed E-state index contributed by atoms with van der Waals surface area (Å²) in [6.07, 6.45) is 4.37. The quantitative estimate of drug-likeness (QED) is 0.900. The molecule has 1 fully saturated rings. The molecule has 6 nitrogen and oxygen atoms in total. The second kappa shape index (κ2) is 6.63. The molecule has 23 heavy (non-hydrogen) atoms. The predicted octanol–water partition coefficient (Wildman–Crippen LogP) is 1.18. The SMILES string of the molecule is Cn1cncc1CN[C@H]1CCN(Cc2ccc(C#N)cc2)C1=O. The van der Waals surface area contributed by atoms with Crippen LogP contribution in [0.1, 0.15) is 23.2 Å². The molecule has 1 aromatic carbocycles. The number of nitrogens with zero attached hydrogens (tertiary/aromatic N) is 4. The summed E-state index contributed by atoms with van der Waals surface area (Å²) < 4.78 is 1.95. The van der Waals surface area contributed by atoms with Gasteiger partial charge in [0.25, 0.3) is 0 Å². The van der Waals surface area contributed by atoms with Crippen LogP contribution in [-0.2, 0) is 24.9 Å². The first-order valence-corrected chi connectivity index (χ1v) is 7.64. The molecule has 3 rings (SSSR count). The maximum absolute atomic E-state index is 12.5. The lowest BCUT2D eigenvalue weighted by Gasteiger charge is -2.17. The van der Waals surface area contributed by atoms with Crippen molar-refractivity contribution in [1.82, 2.24) is 19.8 Å². The highest BCUT2D eigenvalue weighted by atomic mass is 16.2. The minimum atomic E-state index is -0.136. The second-order valence-corrected chi connectivity index (χ2v) is 5.79. The van der Waals surface area contributed by atoms with Crippen molar-refractivity contribution in [1.29, 1.82) is 5.26 Å². The lowest BCUT2D eigenvalue weighted by molar-refractivity contribution is -0.129. The Bertz CT molecular complexity index is 728. The van der Waals surface area contributed by atoms with Gasteiger partial charge in [0.1, 0.15) is 0 Å². The van der Waals surface area contributed by atoms with E-state index in [1.807, 2.05) is 28.6 Å². The van der Waals surface area contributed by atoms with Crippen molar-refractivity contribution in [3.63, 3.8) is 0 Å². The van der Waals surface area contributed by atoms with Gasteiger partial charge in [-0.25, -0.2) is 4.98 Å². The van der Waals surface area contributed by atoms with Gasteiger partial charge in [-0.2, -0.15) is 5.26 Å². The predicted molar refractivity (Wildman–Crippen MR) is 85.0 cm³/mol. The summed E-state index contributed by atoms with van der Waals surface area (Å²) in [4.78, 5) is 18.4. The van der Waals surface area contributed by atoms with Crippen LogP contribution in [0.2, 0.25) is 0 Å². The van der Waals surface area contributed by atoms with Gasteiger partial charge in [0.2, 0.25) is 5.91 Å². The Hall–Kier alpha value is -2.65. The fourth-order valence-electron chi connectivity index (χ4n) is 2.77. The minimum absolute atomic E-state index is 0.136. The van der Waals surface area contributed by atoms with Crippen molar-refractivity contribution >= 4 is 5.91 Å². The Kier molecular flexibility index (Phi) is 4.40. The number of carbonyl (C=O) groups excluding carboxylic acids is 1. The normalized spacial score (nSPS) is 17.5. The number of likely N-dealkylation sites (tertiary alicyclic amines) is 1.